The van der Waals surface area contributed by atoms with Gasteiger partial charge in [-0.1, -0.05) is 39.0 Å². The Balaban J connectivity index is 1.69. The molecule has 18 heavy (non-hydrogen) atoms. The molecule has 0 unspecified atom stereocenters. The van der Waals surface area contributed by atoms with E-state index in [1.807, 2.05) is 0 Å². The Bertz CT molecular complexity index is 262. The molecule has 0 radical (unpaired) electrons. The van der Waals surface area contributed by atoms with Gasteiger partial charge in [-0.15, -0.1) is 0 Å². The van der Waals surface area contributed by atoms with Crippen molar-refractivity contribution in [2.75, 3.05) is 0 Å². The second-order valence-electron chi connectivity index (χ2n) is 6.66. The fraction of sp³-hybridized carbons (Fsp3) is 0.941. The van der Waals surface area contributed by atoms with Crippen molar-refractivity contribution in [1.29, 1.82) is 5.26 Å². The summed E-state index contributed by atoms with van der Waals surface area (Å²) in [6, 6.07) is 2.46. The van der Waals surface area contributed by atoms with Gasteiger partial charge in [-0.25, -0.2) is 0 Å². The van der Waals surface area contributed by atoms with Gasteiger partial charge in [-0.3, -0.25) is 0 Å². The molecule has 2 aliphatic rings. The van der Waals surface area contributed by atoms with Crippen LogP contribution in [0.15, 0.2) is 0 Å². The van der Waals surface area contributed by atoms with Gasteiger partial charge in [0, 0.05) is 5.92 Å². The minimum atomic E-state index is 0.377. The van der Waals surface area contributed by atoms with Crippen LogP contribution in [0.3, 0.4) is 0 Å². The quantitative estimate of drug-likeness (QED) is 0.660. The van der Waals surface area contributed by atoms with Gasteiger partial charge in [0.1, 0.15) is 0 Å². The lowest BCUT2D eigenvalue weighted by Crippen LogP contribution is -2.25. The lowest BCUT2D eigenvalue weighted by Gasteiger charge is -2.36. The minimum absolute atomic E-state index is 0.377. The zero-order valence-electron chi connectivity index (χ0n) is 12.0. The van der Waals surface area contributed by atoms with Crippen molar-refractivity contribution in [1.82, 2.24) is 0 Å². The predicted octanol–water partition coefficient (Wildman–Crippen LogP) is 5.31. The van der Waals surface area contributed by atoms with Crippen LogP contribution in [0.2, 0.25) is 0 Å². The van der Waals surface area contributed by atoms with Crippen molar-refractivity contribution in [3.05, 3.63) is 0 Å². The molecule has 1 nitrogen and oxygen atoms in total. The third-order valence-corrected chi connectivity index (χ3v) is 5.48. The molecule has 102 valence electrons. The summed E-state index contributed by atoms with van der Waals surface area (Å²) in [5.41, 5.74) is 0. The van der Waals surface area contributed by atoms with Crippen molar-refractivity contribution in [2.45, 2.75) is 77.6 Å². The average molecular weight is 247 g/mol. The first-order valence-electron chi connectivity index (χ1n) is 8.23. The summed E-state index contributed by atoms with van der Waals surface area (Å²) in [7, 11) is 0. The smallest absolute Gasteiger partial charge is 0.0655 e. The normalized spacial score (nSPS) is 37.1. The van der Waals surface area contributed by atoms with Crippen LogP contribution >= 0.6 is 0 Å². The summed E-state index contributed by atoms with van der Waals surface area (Å²) >= 11 is 0. The summed E-state index contributed by atoms with van der Waals surface area (Å²) in [6.07, 6.45) is 15.2. The third-order valence-electron chi connectivity index (χ3n) is 5.48. The van der Waals surface area contributed by atoms with E-state index in [0.29, 0.717) is 5.92 Å². The molecule has 0 aromatic heterocycles. The Morgan fingerprint density at radius 2 is 1.44 bits per heavy atom. The molecule has 0 atom stereocenters. The SMILES string of the molecule is CCCCC1CCC(C2CCC(C#N)CC2)CC1. The topological polar surface area (TPSA) is 23.8 Å². The van der Waals surface area contributed by atoms with Crippen molar-refractivity contribution >= 4 is 0 Å². The molecule has 1 heteroatoms. The van der Waals surface area contributed by atoms with Crippen LogP contribution in [-0.2, 0) is 0 Å². The number of rotatable bonds is 4. The number of hydrogen-bond donors (Lipinski definition) is 0. The van der Waals surface area contributed by atoms with Gasteiger partial charge < -0.3 is 0 Å². The number of unbranched alkanes of at least 4 members (excludes halogenated alkanes) is 1. The Morgan fingerprint density at radius 1 is 0.889 bits per heavy atom. The fourth-order valence-corrected chi connectivity index (χ4v) is 4.16. The summed E-state index contributed by atoms with van der Waals surface area (Å²) in [4.78, 5) is 0. The Hall–Kier alpha value is -0.510. The molecule has 2 fully saturated rings. The van der Waals surface area contributed by atoms with Gasteiger partial charge in [-0.2, -0.15) is 5.26 Å². The van der Waals surface area contributed by atoms with E-state index in [4.69, 9.17) is 5.26 Å². The molecule has 0 bridgehead atoms. The number of hydrogen-bond acceptors (Lipinski definition) is 1. The zero-order chi connectivity index (χ0) is 12.8. The highest BCUT2D eigenvalue weighted by Gasteiger charge is 2.30. The second kappa shape index (κ2) is 7.17. The Morgan fingerprint density at radius 3 is 1.94 bits per heavy atom. The predicted molar refractivity (Wildman–Crippen MR) is 76.0 cm³/mol. The van der Waals surface area contributed by atoms with E-state index in [0.717, 1.165) is 17.8 Å². The van der Waals surface area contributed by atoms with Crippen LogP contribution in [0.5, 0.6) is 0 Å². The van der Waals surface area contributed by atoms with E-state index in [1.165, 1.54) is 70.6 Å². The largest absolute Gasteiger partial charge is 0.198 e. The lowest BCUT2D eigenvalue weighted by molar-refractivity contribution is 0.153. The summed E-state index contributed by atoms with van der Waals surface area (Å²) in [5.74, 6) is 3.38. The molecular formula is C17H29N. The average Bonchev–Trinajstić information content (AvgIpc) is 2.46. The standard InChI is InChI=1S/C17H29N/c1-2-3-4-14-5-9-16(10-6-14)17-11-7-15(13-18)8-12-17/h14-17H,2-12H2,1H3. The van der Waals surface area contributed by atoms with E-state index in [9.17, 15) is 0 Å². The van der Waals surface area contributed by atoms with Gasteiger partial charge in [0.2, 0.25) is 0 Å². The molecule has 2 aliphatic carbocycles. The highest BCUT2D eigenvalue weighted by Crippen LogP contribution is 2.42. The van der Waals surface area contributed by atoms with Crippen molar-refractivity contribution in [3.8, 4) is 6.07 Å². The van der Waals surface area contributed by atoms with Gasteiger partial charge in [-0.05, 0) is 56.3 Å². The Labute approximate surface area is 113 Å². The Kier molecular flexibility index (Phi) is 5.54. The van der Waals surface area contributed by atoms with Crippen LogP contribution in [0.25, 0.3) is 0 Å². The molecule has 0 amide bonds. The molecule has 2 saturated carbocycles. The van der Waals surface area contributed by atoms with E-state index in [2.05, 4.69) is 13.0 Å². The van der Waals surface area contributed by atoms with Crippen LogP contribution in [0, 0.1) is 35.0 Å². The van der Waals surface area contributed by atoms with Crippen LogP contribution in [0.1, 0.15) is 77.6 Å². The van der Waals surface area contributed by atoms with Crippen molar-refractivity contribution in [3.63, 3.8) is 0 Å². The van der Waals surface area contributed by atoms with Gasteiger partial charge >= 0.3 is 0 Å². The van der Waals surface area contributed by atoms with Gasteiger partial charge in [0.15, 0.2) is 0 Å². The van der Waals surface area contributed by atoms with E-state index < -0.39 is 0 Å². The second-order valence-corrected chi connectivity index (χ2v) is 6.66. The number of nitriles is 1. The first-order chi connectivity index (χ1) is 8.83. The molecule has 0 saturated heterocycles. The maximum absolute atomic E-state index is 8.95. The molecule has 0 aromatic carbocycles. The van der Waals surface area contributed by atoms with Gasteiger partial charge in [0.25, 0.3) is 0 Å². The van der Waals surface area contributed by atoms with Crippen LogP contribution in [-0.4, -0.2) is 0 Å². The molecule has 0 aromatic rings. The fourth-order valence-electron chi connectivity index (χ4n) is 4.16. The molecule has 0 aliphatic heterocycles. The maximum atomic E-state index is 8.95. The van der Waals surface area contributed by atoms with Crippen LogP contribution in [0.4, 0.5) is 0 Å². The highest BCUT2D eigenvalue weighted by molar-refractivity contribution is 4.89. The zero-order valence-corrected chi connectivity index (χ0v) is 12.0. The lowest BCUT2D eigenvalue weighted by atomic mass is 9.69. The summed E-state index contributed by atoms with van der Waals surface area (Å²) in [6.45, 7) is 2.30. The number of nitrogens with zero attached hydrogens (tertiary/aromatic N) is 1. The molecule has 0 heterocycles. The van der Waals surface area contributed by atoms with E-state index >= 15 is 0 Å². The molecule has 2 rings (SSSR count). The molecule has 0 spiro atoms. The van der Waals surface area contributed by atoms with E-state index in [1.54, 1.807) is 0 Å². The first kappa shape index (κ1) is 13.9. The summed E-state index contributed by atoms with van der Waals surface area (Å²) < 4.78 is 0. The van der Waals surface area contributed by atoms with Crippen molar-refractivity contribution in [2.24, 2.45) is 23.7 Å². The van der Waals surface area contributed by atoms with Gasteiger partial charge in [0.05, 0.1) is 6.07 Å². The highest BCUT2D eigenvalue weighted by atomic mass is 14.4. The monoisotopic (exact) mass is 247 g/mol. The van der Waals surface area contributed by atoms with Crippen LogP contribution < -0.4 is 0 Å². The minimum Gasteiger partial charge on any atom is -0.198 e. The third kappa shape index (κ3) is 3.74. The molecular weight excluding hydrogens is 218 g/mol. The van der Waals surface area contributed by atoms with Crippen molar-refractivity contribution < 1.29 is 0 Å². The first-order valence-corrected chi connectivity index (χ1v) is 8.23. The van der Waals surface area contributed by atoms with E-state index in [-0.39, 0.29) is 0 Å². The summed E-state index contributed by atoms with van der Waals surface area (Å²) in [5, 5.41) is 8.95. The molecule has 0 N–H and O–H groups in total. The maximum Gasteiger partial charge on any atom is 0.0655 e.